The maximum absolute atomic E-state index is 12.6. The maximum Gasteiger partial charge on any atom is 0.270 e. The summed E-state index contributed by atoms with van der Waals surface area (Å²) >= 11 is 0. The van der Waals surface area contributed by atoms with E-state index < -0.39 is 0 Å². The van der Waals surface area contributed by atoms with Crippen molar-refractivity contribution in [1.29, 1.82) is 0 Å². The summed E-state index contributed by atoms with van der Waals surface area (Å²) in [7, 11) is 0. The van der Waals surface area contributed by atoms with Crippen molar-refractivity contribution in [3.63, 3.8) is 0 Å². The second-order valence-corrected chi connectivity index (χ2v) is 5.90. The molecule has 1 aliphatic rings. The van der Waals surface area contributed by atoms with E-state index in [2.05, 4.69) is 10.3 Å². The second-order valence-electron chi connectivity index (χ2n) is 5.90. The normalized spacial score (nSPS) is 14.9. The summed E-state index contributed by atoms with van der Waals surface area (Å²) in [6, 6.07) is 6.77. The minimum Gasteiger partial charge on any atom is -0.467 e. The third kappa shape index (κ3) is 4.01. The lowest BCUT2D eigenvalue weighted by Gasteiger charge is -2.20. The number of carbonyl (C=O) groups excluding carboxylic acids is 2. The number of likely N-dealkylation sites (tertiary alicyclic amines) is 1. The second kappa shape index (κ2) is 7.77. The number of aromatic nitrogens is 1. The van der Waals surface area contributed by atoms with E-state index in [4.69, 9.17) is 4.42 Å². The largest absolute Gasteiger partial charge is 0.467 e. The van der Waals surface area contributed by atoms with Gasteiger partial charge in [0, 0.05) is 24.8 Å². The van der Waals surface area contributed by atoms with Crippen LogP contribution in [0.2, 0.25) is 0 Å². The molecule has 2 amide bonds. The first-order chi connectivity index (χ1) is 11.7. The third-order valence-corrected chi connectivity index (χ3v) is 4.14. The van der Waals surface area contributed by atoms with Crippen molar-refractivity contribution in [3.8, 4) is 0 Å². The fourth-order valence-electron chi connectivity index (χ4n) is 2.82. The van der Waals surface area contributed by atoms with Crippen LogP contribution in [0.3, 0.4) is 0 Å². The summed E-state index contributed by atoms with van der Waals surface area (Å²) in [5.74, 6) is 0.316. The van der Waals surface area contributed by atoms with Gasteiger partial charge in [0.05, 0.1) is 12.8 Å². The van der Waals surface area contributed by atoms with Gasteiger partial charge in [-0.25, -0.2) is 0 Å². The fourth-order valence-corrected chi connectivity index (χ4v) is 2.82. The third-order valence-electron chi connectivity index (χ3n) is 4.14. The molecular formula is C18H21N3O3. The Morgan fingerprint density at radius 1 is 1.17 bits per heavy atom. The van der Waals surface area contributed by atoms with Gasteiger partial charge in [-0.2, -0.15) is 0 Å². The molecule has 0 bridgehead atoms. The molecule has 1 fully saturated rings. The van der Waals surface area contributed by atoms with Crippen molar-refractivity contribution in [1.82, 2.24) is 15.2 Å². The zero-order chi connectivity index (χ0) is 16.8. The van der Waals surface area contributed by atoms with Crippen LogP contribution in [0.15, 0.2) is 41.1 Å². The molecule has 0 spiro atoms. The first-order valence-corrected chi connectivity index (χ1v) is 8.30. The molecular weight excluding hydrogens is 306 g/mol. The van der Waals surface area contributed by atoms with Crippen molar-refractivity contribution in [2.24, 2.45) is 0 Å². The highest BCUT2D eigenvalue weighted by molar-refractivity contribution is 5.98. The van der Waals surface area contributed by atoms with Crippen LogP contribution in [-0.4, -0.2) is 34.8 Å². The Balaban J connectivity index is 1.66. The predicted octanol–water partition coefficient (Wildman–Crippen LogP) is 2.62. The molecule has 3 heterocycles. The number of hydrogen-bond donors (Lipinski definition) is 1. The van der Waals surface area contributed by atoms with Crippen molar-refractivity contribution in [2.45, 2.75) is 32.2 Å². The molecule has 0 aliphatic carbocycles. The van der Waals surface area contributed by atoms with E-state index in [9.17, 15) is 9.59 Å². The Hall–Kier alpha value is -2.63. The Kier molecular flexibility index (Phi) is 5.25. The quantitative estimate of drug-likeness (QED) is 0.936. The van der Waals surface area contributed by atoms with Crippen molar-refractivity contribution in [2.75, 3.05) is 13.1 Å². The molecule has 0 unspecified atom stereocenters. The lowest BCUT2D eigenvalue weighted by atomic mass is 10.2. The van der Waals surface area contributed by atoms with Gasteiger partial charge in [-0.15, -0.1) is 0 Å². The Labute approximate surface area is 140 Å². The van der Waals surface area contributed by atoms with Crippen LogP contribution < -0.4 is 5.32 Å². The van der Waals surface area contributed by atoms with E-state index in [0.29, 0.717) is 11.3 Å². The zero-order valence-corrected chi connectivity index (χ0v) is 13.5. The average molecular weight is 327 g/mol. The minimum absolute atomic E-state index is 0.0283. The molecule has 0 saturated carbocycles. The lowest BCUT2D eigenvalue weighted by Crippen LogP contribution is -2.32. The maximum atomic E-state index is 12.6. The summed E-state index contributed by atoms with van der Waals surface area (Å²) in [6.07, 6.45) is 7.47. The Bertz CT molecular complexity index is 689. The topological polar surface area (TPSA) is 75.4 Å². The van der Waals surface area contributed by atoms with Crippen molar-refractivity contribution >= 4 is 11.8 Å². The molecule has 6 heteroatoms. The highest BCUT2D eigenvalue weighted by Crippen LogP contribution is 2.14. The molecule has 3 rings (SSSR count). The lowest BCUT2D eigenvalue weighted by molar-refractivity contribution is 0.0761. The van der Waals surface area contributed by atoms with Gasteiger partial charge in [0.25, 0.3) is 11.8 Å². The Morgan fingerprint density at radius 2 is 1.96 bits per heavy atom. The van der Waals surface area contributed by atoms with Crippen LogP contribution in [0.1, 0.15) is 52.3 Å². The van der Waals surface area contributed by atoms with Gasteiger partial charge in [0.15, 0.2) is 0 Å². The highest BCUT2D eigenvalue weighted by atomic mass is 16.3. The van der Waals surface area contributed by atoms with Gasteiger partial charge in [-0.3, -0.25) is 14.6 Å². The SMILES string of the molecule is O=C(NCc1ccco1)c1cc(C(=O)N2CCCCCC2)ccn1. The summed E-state index contributed by atoms with van der Waals surface area (Å²) in [5, 5.41) is 2.74. The van der Waals surface area contributed by atoms with Crippen molar-refractivity contribution in [3.05, 3.63) is 53.7 Å². The first-order valence-electron chi connectivity index (χ1n) is 8.30. The predicted molar refractivity (Wildman–Crippen MR) is 88.5 cm³/mol. The van der Waals surface area contributed by atoms with Crippen LogP contribution >= 0.6 is 0 Å². The molecule has 0 aromatic carbocycles. The number of rotatable bonds is 4. The molecule has 0 radical (unpaired) electrons. The van der Waals surface area contributed by atoms with E-state index in [1.165, 1.54) is 19.0 Å². The molecule has 24 heavy (non-hydrogen) atoms. The molecule has 126 valence electrons. The Morgan fingerprint density at radius 3 is 2.67 bits per heavy atom. The summed E-state index contributed by atoms with van der Waals surface area (Å²) in [6.45, 7) is 1.85. The molecule has 1 saturated heterocycles. The van der Waals surface area contributed by atoms with Crippen molar-refractivity contribution < 1.29 is 14.0 Å². The smallest absolute Gasteiger partial charge is 0.270 e. The first kappa shape index (κ1) is 16.2. The summed E-state index contributed by atoms with van der Waals surface area (Å²) < 4.78 is 5.18. The number of hydrogen-bond acceptors (Lipinski definition) is 4. The number of carbonyl (C=O) groups is 2. The van der Waals surface area contributed by atoms with E-state index in [1.807, 2.05) is 4.90 Å². The monoisotopic (exact) mass is 327 g/mol. The number of nitrogens with one attached hydrogen (secondary N) is 1. The van der Waals surface area contributed by atoms with Crippen LogP contribution in [0, 0.1) is 0 Å². The van der Waals surface area contributed by atoms with Crippen LogP contribution in [0.4, 0.5) is 0 Å². The molecule has 6 nitrogen and oxygen atoms in total. The highest BCUT2D eigenvalue weighted by Gasteiger charge is 2.19. The van der Waals surface area contributed by atoms with Gasteiger partial charge in [-0.1, -0.05) is 12.8 Å². The fraction of sp³-hybridized carbons (Fsp3) is 0.389. The van der Waals surface area contributed by atoms with Gasteiger partial charge >= 0.3 is 0 Å². The van der Waals surface area contributed by atoms with Gasteiger partial charge < -0.3 is 14.6 Å². The van der Waals surface area contributed by atoms with Gasteiger partial charge in [0.2, 0.25) is 0 Å². The summed E-state index contributed by atoms with van der Waals surface area (Å²) in [5.41, 5.74) is 0.747. The number of nitrogens with zero attached hydrogens (tertiary/aromatic N) is 2. The van der Waals surface area contributed by atoms with E-state index >= 15 is 0 Å². The number of amides is 2. The van der Waals surface area contributed by atoms with Gasteiger partial charge in [0.1, 0.15) is 11.5 Å². The molecule has 1 aliphatic heterocycles. The van der Waals surface area contributed by atoms with Crippen LogP contribution in [-0.2, 0) is 6.54 Å². The van der Waals surface area contributed by atoms with E-state index in [1.54, 1.807) is 30.5 Å². The van der Waals surface area contributed by atoms with E-state index in [0.717, 1.165) is 25.9 Å². The van der Waals surface area contributed by atoms with Crippen LogP contribution in [0.5, 0.6) is 0 Å². The number of furan rings is 1. The van der Waals surface area contributed by atoms with Gasteiger partial charge in [-0.05, 0) is 37.1 Å². The molecule has 1 N–H and O–H groups in total. The average Bonchev–Trinajstić information content (AvgIpc) is 2.99. The number of pyridine rings is 1. The molecule has 2 aromatic heterocycles. The molecule has 0 atom stereocenters. The van der Waals surface area contributed by atoms with Crippen LogP contribution in [0.25, 0.3) is 0 Å². The zero-order valence-electron chi connectivity index (χ0n) is 13.5. The minimum atomic E-state index is -0.322. The summed E-state index contributed by atoms with van der Waals surface area (Å²) in [4.78, 5) is 30.8. The molecule has 2 aromatic rings. The van der Waals surface area contributed by atoms with E-state index in [-0.39, 0.29) is 24.1 Å². The standard InChI is InChI=1S/C18H21N3O3/c22-17(20-13-15-6-5-11-24-15)16-12-14(7-8-19-16)18(23)21-9-3-1-2-4-10-21/h5-8,11-12H,1-4,9-10,13H2,(H,20,22).